The minimum absolute atomic E-state index is 0.0765. The lowest BCUT2D eigenvalue weighted by atomic mass is 9.83. The van der Waals surface area contributed by atoms with Gasteiger partial charge in [0.15, 0.2) is 0 Å². The molecule has 1 atom stereocenters. The average Bonchev–Trinajstić information content (AvgIpc) is 2.94. The highest BCUT2D eigenvalue weighted by Crippen LogP contribution is 2.31. The first-order chi connectivity index (χ1) is 12.1. The van der Waals surface area contributed by atoms with E-state index in [1.165, 1.54) is 0 Å². The Kier molecular flexibility index (Phi) is 5.16. The van der Waals surface area contributed by atoms with Crippen molar-refractivity contribution in [3.63, 3.8) is 0 Å². The highest BCUT2D eigenvalue weighted by atomic mass is 32.2. The van der Waals surface area contributed by atoms with Crippen molar-refractivity contribution in [1.82, 2.24) is 19.0 Å². The van der Waals surface area contributed by atoms with E-state index < -0.39 is 10.2 Å². The van der Waals surface area contributed by atoms with Crippen LogP contribution in [0.3, 0.4) is 0 Å². The van der Waals surface area contributed by atoms with Crippen molar-refractivity contribution in [2.24, 2.45) is 11.3 Å². The van der Waals surface area contributed by atoms with Crippen molar-refractivity contribution in [3.8, 4) is 0 Å². The third-order valence-electron chi connectivity index (χ3n) is 5.31. The Morgan fingerprint density at radius 3 is 2.50 bits per heavy atom. The maximum atomic E-state index is 12.9. The largest absolute Gasteiger partial charge is 0.341 e. The number of fused-ring (bicyclic) bond motifs is 1. The van der Waals surface area contributed by atoms with Crippen molar-refractivity contribution in [2.45, 2.75) is 53.5 Å². The fourth-order valence-electron chi connectivity index (χ4n) is 3.36. The molecule has 0 radical (unpaired) electrons. The Morgan fingerprint density at radius 1 is 1.23 bits per heavy atom. The van der Waals surface area contributed by atoms with Crippen molar-refractivity contribution >= 4 is 21.2 Å². The molecule has 144 valence electrons. The summed E-state index contributed by atoms with van der Waals surface area (Å²) < 4.78 is 30.3. The van der Waals surface area contributed by atoms with Crippen molar-refractivity contribution in [3.05, 3.63) is 29.6 Å². The summed E-state index contributed by atoms with van der Waals surface area (Å²) in [6.45, 7) is 11.5. The minimum Gasteiger partial charge on any atom is -0.341 e. The number of nitrogens with one attached hydrogen (secondary N) is 2. The smallest absolute Gasteiger partial charge is 0.280 e. The van der Waals surface area contributed by atoms with Gasteiger partial charge in [-0.1, -0.05) is 33.8 Å². The number of piperidine rings is 1. The first kappa shape index (κ1) is 19.3. The number of benzene rings is 1. The van der Waals surface area contributed by atoms with E-state index in [4.69, 9.17) is 0 Å². The van der Waals surface area contributed by atoms with Crippen LogP contribution in [0.25, 0.3) is 11.0 Å². The second kappa shape index (κ2) is 6.94. The highest BCUT2D eigenvalue weighted by molar-refractivity contribution is 7.87. The van der Waals surface area contributed by atoms with Gasteiger partial charge < -0.3 is 4.98 Å². The molecule has 3 rings (SSSR count). The Hall–Kier alpha value is -1.44. The Bertz CT molecular complexity index is 876. The van der Waals surface area contributed by atoms with Crippen LogP contribution in [-0.2, 0) is 10.2 Å². The summed E-state index contributed by atoms with van der Waals surface area (Å²) >= 11 is 0. The van der Waals surface area contributed by atoms with Gasteiger partial charge in [-0.2, -0.15) is 17.4 Å². The van der Waals surface area contributed by atoms with Crippen LogP contribution in [0.15, 0.2) is 18.2 Å². The maximum Gasteiger partial charge on any atom is 0.280 e. The number of nitrogens with zero attached hydrogens (tertiary/aromatic N) is 2. The Labute approximate surface area is 156 Å². The minimum atomic E-state index is -3.55. The van der Waals surface area contributed by atoms with Crippen molar-refractivity contribution in [2.75, 3.05) is 13.1 Å². The maximum absolute atomic E-state index is 12.9. The summed E-state index contributed by atoms with van der Waals surface area (Å²) in [4.78, 5) is 7.93. The van der Waals surface area contributed by atoms with Crippen molar-refractivity contribution in [1.29, 1.82) is 0 Å². The van der Waals surface area contributed by atoms with Crippen LogP contribution >= 0.6 is 0 Å². The number of H-pyrrole nitrogens is 1. The summed E-state index contributed by atoms with van der Waals surface area (Å²) in [6.07, 6.45) is 1.76. The zero-order valence-electron chi connectivity index (χ0n) is 16.3. The molecule has 2 aromatic rings. The van der Waals surface area contributed by atoms with E-state index >= 15 is 0 Å². The normalized spacial score (nSPS) is 19.9. The predicted molar refractivity (Wildman–Crippen MR) is 105 cm³/mol. The van der Waals surface area contributed by atoms with Crippen LogP contribution in [0, 0.1) is 18.3 Å². The second-order valence-electron chi connectivity index (χ2n) is 8.55. The number of imidazole rings is 1. The van der Waals surface area contributed by atoms with Gasteiger partial charge in [-0.3, -0.25) is 0 Å². The SMILES string of the molecule is Cc1ccc2nc([C@@H](NS(=O)(=O)N3CCC(C)(C)CC3)C(C)C)[nH]c2c1. The summed E-state index contributed by atoms with van der Waals surface area (Å²) in [6, 6.07) is 5.62. The standard InChI is InChI=1S/C19H30N4O2S/c1-13(2)17(18-20-15-7-6-14(3)12-16(15)21-18)22-26(24,25)23-10-8-19(4,5)9-11-23/h6-7,12-13,17,22H,8-11H2,1-5H3,(H,20,21)/t17-/m0/s1. The topological polar surface area (TPSA) is 78.1 Å². The molecule has 1 fully saturated rings. The molecule has 0 amide bonds. The van der Waals surface area contributed by atoms with Crippen LogP contribution in [0.1, 0.15) is 58.0 Å². The van der Waals surface area contributed by atoms with Gasteiger partial charge in [0.2, 0.25) is 0 Å². The van der Waals surface area contributed by atoms with E-state index in [2.05, 4.69) is 28.5 Å². The molecule has 26 heavy (non-hydrogen) atoms. The molecule has 2 heterocycles. The lowest BCUT2D eigenvalue weighted by Crippen LogP contribution is -2.48. The number of rotatable bonds is 5. The van der Waals surface area contributed by atoms with E-state index in [-0.39, 0.29) is 17.4 Å². The van der Waals surface area contributed by atoms with Gasteiger partial charge in [0.1, 0.15) is 5.82 Å². The van der Waals surface area contributed by atoms with Gasteiger partial charge in [-0.05, 0) is 48.8 Å². The molecular weight excluding hydrogens is 348 g/mol. The fourth-order valence-corrected chi connectivity index (χ4v) is 4.88. The molecule has 1 aromatic heterocycles. The molecule has 1 aromatic carbocycles. The lowest BCUT2D eigenvalue weighted by molar-refractivity contribution is 0.193. The zero-order valence-corrected chi connectivity index (χ0v) is 17.2. The molecule has 0 aliphatic carbocycles. The van der Waals surface area contributed by atoms with Crippen LogP contribution < -0.4 is 4.72 Å². The highest BCUT2D eigenvalue weighted by Gasteiger charge is 2.34. The van der Waals surface area contributed by atoms with Crippen LogP contribution in [-0.4, -0.2) is 35.8 Å². The molecule has 0 bridgehead atoms. The molecule has 0 spiro atoms. The summed E-state index contributed by atoms with van der Waals surface area (Å²) in [7, 11) is -3.55. The van der Waals surface area contributed by atoms with Crippen LogP contribution in [0.4, 0.5) is 0 Å². The number of aryl methyl sites for hydroxylation is 1. The van der Waals surface area contributed by atoms with Gasteiger partial charge in [0, 0.05) is 13.1 Å². The van der Waals surface area contributed by atoms with E-state index in [0.29, 0.717) is 18.9 Å². The number of hydrogen-bond donors (Lipinski definition) is 2. The molecule has 1 saturated heterocycles. The number of hydrogen-bond acceptors (Lipinski definition) is 3. The quantitative estimate of drug-likeness (QED) is 0.835. The Balaban J connectivity index is 1.83. The van der Waals surface area contributed by atoms with E-state index in [9.17, 15) is 8.42 Å². The number of aromatic amines is 1. The van der Waals surface area contributed by atoms with Crippen LogP contribution in [0.2, 0.25) is 0 Å². The van der Waals surface area contributed by atoms with Gasteiger partial charge >= 0.3 is 0 Å². The monoisotopic (exact) mass is 378 g/mol. The predicted octanol–water partition coefficient (Wildman–Crippen LogP) is 3.52. The van der Waals surface area contributed by atoms with Gasteiger partial charge in [0.25, 0.3) is 10.2 Å². The Morgan fingerprint density at radius 2 is 1.88 bits per heavy atom. The molecule has 7 heteroatoms. The summed E-state index contributed by atoms with van der Waals surface area (Å²) in [5.41, 5.74) is 3.14. The third kappa shape index (κ3) is 4.10. The molecule has 1 aliphatic rings. The first-order valence-corrected chi connectivity index (χ1v) is 10.8. The van der Waals surface area contributed by atoms with Gasteiger partial charge in [-0.25, -0.2) is 4.98 Å². The molecular formula is C19H30N4O2S. The second-order valence-corrected chi connectivity index (χ2v) is 10.3. The fraction of sp³-hybridized carbons (Fsp3) is 0.632. The molecule has 0 saturated carbocycles. The molecule has 1 aliphatic heterocycles. The molecule has 0 unspecified atom stereocenters. The molecule has 6 nitrogen and oxygen atoms in total. The lowest BCUT2D eigenvalue weighted by Gasteiger charge is -2.36. The van der Waals surface area contributed by atoms with Gasteiger partial charge in [0.05, 0.1) is 17.1 Å². The third-order valence-corrected chi connectivity index (χ3v) is 6.91. The number of aromatic nitrogens is 2. The zero-order chi connectivity index (χ0) is 19.1. The van der Waals surface area contributed by atoms with E-state index in [1.807, 2.05) is 39.0 Å². The summed E-state index contributed by atoms with van der Waals surface area (Å²) in [5.74, 6) is 0.745. The van der Waals surface area contributed by atoms with Gasteiger partial charge in [-0.15, -0.1) is 0 Å². The van der Waals surface area contributed by atoms with Crippen molar-refractivity contribution < 1.29 is 8.42 Å². The molecule has 2 N–H and O–H groups in total. The average molecular weight is 379 g/mol. The van der Waals surface area contributed by atoms with E-state index in [0.717, 1.165) is 29.4 Å². The summed E-state index contributed by atoms with van der Waals surface area (Å²) in [5, 5.41) is 0. The van der Waals surface area contributed by atoms with E-state index in [1.54, 1.807) is 4.31 Å². The van der Waals surface area contributed by atoms with Crippen LogP contribution in [0.5, 0.6) is 0 Å². The first-order valence-electron chi connectivity index (χ1n) is 9.31.